The zero-order valence-corrected chi connectivity index (χ0v) is 11.1. The van der Waals surface area contributed by atoms with E-state index in [0.29, 0.717) is 6.04 Å². The predicted octanol–water partition coefficient (Wildman–Crippen LogP) is 3.34. The van der Waals surface area contributed by atoms with Crippen molar-refractivity contribution in [1.29, 1.82) is 0 Å². The molecule has 0 aliphatic rings. The van der Waals surface area contributed by atoms with Crippen LogP contribution in [0.15, 0.2) is 29.4 Å². The minimum absolute atomic E-state index is 0.622. The number of nitrogens with zero attached hydrogens (tertiary/aromatic N) is 1. The van der Waals surface area contributed by atoms with E-state index >= 15 is 0 Å². The largest absolute Gasteiger partial charge is 0.313 e. The minimum Gasteiger partial charge on any atom is -0.313 e. The van der Waals surface area contributed by atoms with Crippen LogP contribution in [0.5, 0.6) is 0 Å². The molecule has 1 unspecified atom stereocenters. The summed E-state index contributed by atoms with van der Waals surface area (Å²) in [6.45, 7) is 5.57. The van der Waals surface area contributed by atoms with Crippen LogP contribution < -0.4 is 5.32 Å². The lowest BCUT2D eigenvalue weighted by Crippen LogP contribution is -2.31. The summed E-state index contributed by atoms with van der Waals surface area (Å²) in [5, 5.41) is 4.72. The summed E-state index contributed by atoms with van der Waals surface area (Å²) in [5.41, 5.74) is 0. The van der Waals surface area contributed by atoms with E-state index in [1.54, 1.807) is 0 Å². The van der Waals surface area contributed by atoms with E-state index in [0.717, 1.165) is 17.3 Å². The molecule has 0 bridgehead atoms. The van der Waals surface area contributed by atoms with Gasteiger partial charge in [0.05, 0.1) is 5.03 Å². The van der Waals surface area contributed by atoms with Gasteiger partial charge >= 0.3 is 0 Å². The van der Waals surface area contributed by atoms with Gasteiger partial charge in [0.1, 0.15) is 0 Å². The van der Waals surface area contributed by atoms with E-state index in [1.807, 2.05) is 30.1 Å². The highest BCUT2D eigenvalue weighted by Crippen LogP contribution is 2.16. The summed E-state index contributed by atoms with van der Waals surface area (Å²) in [5.74, 6) is 1.12. The third-order valence-electron chi connectivity index (χ3n) is 2.39. The molecule has 1 N–H and O–H groups in total. The molecular formula is C13H22N2S. The second kappa shape index (κ2) is 8.59. The van der Waals surface area contributed by atoms with Crippen LogP contribution in [0.2, 0.25) is 0 Å². The Morgan fingerprint density at radius 1 is 1.31 bits per heavy atom. The summed E-state index contributed by atoms with van der Waals surface area (Å²) in [6, 6.07) is 6.71. The number of thioether (sulfide) groups is 1. The Labute approximate surface area is 103 Å². The fourth-order valence-electron chi connectivity index (χ4n) is 1.56. The molecule has 2 nitrogen and oxygen atoms in total. The molecular weight excluding hydrogens is 216 g/mol. The number of hydrogen-bond acceptors (Lipinski definition) is 3. The van der Waals surface area contributed by atoms with E-state index in [1.165, 1.54) is 19.3 Å². The molecule has 90 valence electrons. The Morgan fingerprint density at radius 2 is 2.19 bits per heavy atom. The molecule has 0 aromatic carbocycles. The van der Waals surface area contributed by atoms with Gasteiger partial charge in [0.2, 0.25) is 0 Å². The molecule has 0 amide bonds. The van der Waals surface area contributed by atoms with Crippen LogP contribution in [0.1, 0.15) is 33.1 Å². The third-order valence-corrected chi connectivity index (χ3v) is 3.50. The van der Waals surface area contributed by atoms with Crippen molar-refractivity contribution < 1.29 is 0 Å². The molecule has 0 spiro atoms. The van der Waals surface area contributed by atoms with Gasteiger partial charge in [-0.05, 0) is 31.5 Å². The molecule has 0 saturated heterocycles. The lowest BCUT2D eigenvalue weighted by molar-refractivity contribution is 0.514. The smallest absolute Gasteiger partial charge is 0.0960 e. The standard InChI is InChI=1S/C13H22N2S/c1-3-7-12(14-9-4-2)11-16-13-8-5-6-10-15-13/h5-6,8,10,12,14H,3-4,7,9,11H2,1-2H3. The Hall–Kier alpha value is -0.540. The van der Waals surface area contributed by atoms with Crippen molar-refractivity contribution in [2.75, 3.05) is 12.3 Å². The normalized spacial score (nSPS) is 12.6. The molecule has 0 saturated carbocycles. The first-order chi connectivity index (χ1) is 7.86. The van der Waals surface area contributed by atoms with Crippen molar-refractivity contribution in [3.63, 3.8) is 0 Å². The lowest BCUT2D eigenvalue weighted by atomic mass is 10.2. The van der Waals surface area contributed by atoms with Gasteiger partial charge in [-0.1, -0.05) is 26.3 Å². The topological polar surface area (TPSA) is 24.9 Å². The van der Waals surface area contributed by atoms with Gasteiger partial charge in [0, 0.05) is 18.0 Å². The van der Waals surface area contributed by atoms with Crippen LogP contribution in [0.25, 0.3) is 0 Å². The number of aromatic nitrogens is 1. The van der Waals surface area contributed by atoms with Crippen LogP contribution in [-0.2, 0) is 0 Å². The van der Waals surface area contributed by atoms with Crippen molar-refractivity contribution >= 4 is 11.8 Å². The molecule has 1 rings (SSSR count). The molecule has 0 aliphatic carbocycles. The van der Waals surface area contributed by atoms with Crippen molar-refractivity contribution in [2.45, 2.75) is 44.2 Å². The zero-order chi connectivity index (χ0) is 11.6. The van der Waals surface area contributed by atoms with E-state index in [-0.39, 0.29) is 0 Å². The van der Waals surface area contributed by atoms with Gasteiger partial charge in [0.15, 0.2) is 0 Å². The van der Waals surface area contributed by atoms with E-state index in [9.17, 15) is 0 Å². The SMILES string of the molecule is CCCNC(CCC)CSc1ccccn1. The highest BCUT2D eigenvalue weighted by molar-refractivity contribution is 7.99. The zero-order valence-electron chi connectivity index (χ0n) is 10.3. The van der Waals surface area contributed by atoms with Gasteiger partial charge in [0.25, 0.3) is 0 Å². The highest BCUT2D eigenvalue weighted by atomic mass is 32.2. The Kier molecular flexibility index (Phi) is 7.26. The fourth-order valence-corrected chi connectivity index (χ4v) is 2.53. The van der Waals surface area contributed by atoms with Crippen LogP contribution in [0.3, 0.4) is 0 Å². The average molecular weight is 238 g/mol. The maximum atomic E-state index is 4.33. The molecule has 0 fully saturated rings. The third kappa shape index (κ3) is 5.52. The molecule has 1 atom stereocenters. The minimum atomic E-state index is 0.622. The van der Waals surface area contributed by atoms with Crippen molar-refractivity contribution in [3.8, 4) is 0 Å². The second-order valence-corrected chi connectivity index (χ2v) is 4.96. The average Bonchev–Trinajstić information content (AvgIpc) is 2.34. The Balaban J connectivity index is 2.31. The van der Waals surface area contributed by atoms with Gasteiger partial charge in [-0.15, -0.1) is 11.8 Å². The molecule has 0 aliphatic heterocycles. The van der Waals surface area contributed by atoms with Crippen LogP contribution >= 0.6 is 11.8 Å². The fraction of sp³-hybridized carbons (Fsp3) is 0.615. The summed E-state index contributed by atoms with van der Waals surface area (Å²) in [7, 11) is 0. The van der Waals surface area contributed by atoms with Gasteiger partial charge in [-0.2, -0.15) is 0 Å². The molecule has 1 heterocycles. The first-order valence-electron chi connectivity index (χ1n) is 6.14. The molecule has 0 radical (unpaired) electrons. The van der Waals surface area contributed by atoms with Crippen LogP contribution in [-0.4, -0.2) is 23.3 Å². The monoisotopic (exact) mass is 238 g/mol. The first kappa shape index (κ1) is 13.5. The molecule has 1 aromatic rings. The summed E-state index contributed by atoms with van der Waals surface area (Å²) in [4.78, 5) is 4.33. The van der Waals surface area contributed by atoms with Gasteiger partial charge in [-0.3, -0.25) is 0 Å². The van der Waals surface area contributed by atoms with Gasteiger partial charge in [-0.25, -0.2) is 4.98 Å². The van der Waals surface area contributed by atoms with E-state index < -0.39 is 0 Å². The van der Waals surface area contributed by atoms with E-state index in [4.69, 9.17) is 0 Å². The molecule has 16 heavy (non-hydrogen) atoms. The number of rotatable bonds is 8. The summed E-state index contributed by atoms with van der Waals surface area (Å²) < 4.78 is 0. The van der Waals surface area contributed by atoms with Crippen LogP contribution in [0, 0.1) is 0 Å². The van der Waals surface area contributed by atoms with E-state index in [2.05, 4.69) is 30.2 Å². The van der Waals surface area contributed by atoms with Crippen molar-refractivity contribution in [1.82, 2.24) is 10.3 Å². The van der Waals surface area contributed by atoms with Crippen molar-refractivity contribution in [3.05, 3.63) is 24.4 Å². The lowest BCUT2D eigenvalue weighted by Gasteiger charge is -2.16. The summed E-state index contributed by atoms with van der Waals surface area (Å²) >= 11 is 1.85. The highest BCUT2D eigenvalue weighted by Gasteiger charge is 2.07. The quantitative estimate of drug-likeness (QED) is 0.703. The van der Waals surface area contributed by atoms with Gasteiger partial charge < -0.3 is 5.32 Å². The Morgan fingerprint density at radius 3 is 2.81 bits per heavy atom. The second-order valence-electron chi connectivity index (χ2n) is 3.92. The number of nitrogens with one attached hydrogen (secondary N) is 1. The molecule has 1 aromatic heterocycles. The summed E-state index contributed by atoms with van der Waals surface area (Å²) in [6.07, 6.45) is 5.55. The van der Waals surface area contributed by atoms with Crippen LogP contribution in [0.4, 0.5) is 0 Å². The maximum Gasteiger partial charge on any atom is 0.0960 e. The van der Waals surface area contributed by atoms with Crippen molar-refractivity contribution in [2.24, 2.45) is 0 Å². The first-order valence-corrected chi connectivity index (χ1v) is 7.12. The maximum absolute atomic E-state index is 4.33. The number of hydrogen-bond donors (Lipinski definition) is 1. The predicted molar refractivity (Wildman–Crippen MR) is 72.0 cm³/mol. The molecule has 3 heteroatoms. The number of pyridine rings is 1. The Bertz CT molecular complexity index is 264.